The molecule has 0 aliphatic carbocycles. The Balaban J connectivity index is 3.78. The van der Waals surface area contributed by atoms with E-state index >= 15 is 0 Å². The first-order valence-corrected chi connectivity index (χ1v) is 6.08. The molecule has 1 atom stereocenters. The number of carbonyl (C=O) groups is 1. The summed E-state index contributed by atoms with van der Waals surface area (Å²) in [6, 6.07) is 0. The third-order valence-corrected chi connectivity index (χ3v) is 2.13. The van der Waals surface area contributed by atoms with Crippen LogP contribution in [-0.4, -0.2) is 52.2 Å². The molecule has 0 N–H and O–H groups in total. The van der Waals surface area contributed by atoms with Gasteiger partial charge in [-0.05, 0) is 20.8 Å². The molecule has 19 heavy (non-hydrogen) atoms. The zero-order valence-corrected chi connectivity index (χ0v) is 11.6. The molecular formula is C12H22F2O5. The first-order valence-electron chi connectivity index (χ1n) is 6.08. The van der Waals surface area contributed by atoms with Crippen LogP contribution in [0.3, 0.4) is 0 Å². The van der Waals surface area contributed by atoms with Crippen molar-refractivity contribution in [3.8, 4) is 0 Å². The van der Waals surface area contributed by atoms with E-state index in [1.165, 1.54) is 13.8 Å². The van der Waals surface area contributed by atoms with Gasteiger partial charge in [-0.3, -0.25) is 4.79 Å². The predicted molar refractivity (Wildman–Crippen MR) is 64.0 cm³/mol. The van der Waals surface area contributed by atoms with Crippen molar-refractivity contribution < 1.29 is 32.5 Å². The molecule has 0 saturated carbocycles. The van der Waals surface area contributed by atoms with Crippen LogP contribution in [0.1, 0.15) is 20.8 Å². The van der Waals surface area contributed by atoms with Crippen molar-refractivity contribution in [1.82, 2.24) is 0 Å². The average Bonchev–Trinajstić information content (AvgIpc) is 2.39. The van der Waals surface area contributed by atoms with Gasteiger partial charge in [-0.2, -0.15) is 0 Å². The smallest absolute Gasteiger partial charge is 0.313 e. The summed E-state index contributed by atoms with van der Waals surface area (Å²) in [7, 11) is 0. The van der Waals surface area contributed by atoms with Crippen LogP contribution in [0.15, 0.2) is 0 Å². The van der Waals surface area contributed by atoms with Crippen LogP contribution < -0.4 is 0 Å². The first kappa shape index (κ1) is 18.2. The molecule has 0 aliphatic rings. The van der Waals surface area contributed by atoms with Gasteiger partial charge in [0.25, 0.3) is 0 Å². The van der Waals surface area contributed by atoms with E-state index in [4.69, 9.17) is 14.2 Å². The molecule has 0 amide bonds. The van der Waals surface area contributed by atoms with Crippen LogP contribution in [-0.2, 0) is 23.7 Å². The minimum absolute atomic E-state index is 0.0670. The second-order valence-electron chi connectivity index (χ2n) is 4.41. The second-order valence-corrected chi connectivity index (χ2v) is 4.41. The average molecular weight is 284 g/mol. The van der Waals surface area contributed by atoms with Crippen molar-refractivity contribution in [1.29, 1.82) is 0 Å². The number of esters is 1. The van der Waals surface area contributed by atoms with E-state index in [-0.39, 0.29) is 26.6 Å². The second kappa shape index (κ2) is 10.1. The van der Waals surface area contributed by atoms with E-state index in [2.05, 4.69) is 4.74 Å². The van der Waals surface area contributed by atoms with Gasteiger partial charge in [-0.25, -0.2) is 8.78 Å². The van der Waals surface area contributed by atoms with Gasteiger partial charge in [0.1, 0.15) is 20.1 Å². The van der Waals surface area contributed by atoms with Crippen molar-refractivity contribution in [2.75, 3.05) is 39.9 Å². The molecule has 0 saturated heterocycles. The highest BCUT2D eigenvalue weighted by molar-refractivity contribution is 5.76. The van der Waals surface area contributed by atoms with Crippen molar-refractivity contribution in [3.05, 3.63) is 0 Å². The quantitative estimate of drug-likeness (QED) is 0.329. The van der Waals surface area contributed by atoms with Crippen molar-refractivity contribution in [2.24, 2.45) is 5.41 Å². The van der Waals surface area contributed by atoms with Gasteiger partial charge >= 0.3 is 5.97 Å². The number of carbonyl (C=O) groups excluding carboxylic acids is 1. The minimum atomic E-state index is -2.01. The van der Waals surface area contributed by atoms with Crippen molar-refractivity contribution >= 4 is 5.97 Å². The number of hydrogen-bond acceptors (Lipinski definition) is 5. The number of halogens is 2. The molecule has 0 aromatic carbocycles. The van der Waals surface area contributed by atoms with Crippen LogP contribution in [0.2, 0.25) is 0 Å². The molecular weight excluding hydrogens is 262 g/mol. The van der Waals surface area contributed by atoms with Crippen LogP contribution in [0.25, 0.3) is 0 Å². The third kappa shape index (κ3) is 8.85. The molecule has 0 aromatic heterocycles. The number of hydrogen-bond donors (Lipinski definition) is 0. The molecule has 7 heteroatoms. The Bertz CT molecular complexity index is 248. The Morgan fingerprint density at radius 2 is 1.95 bits per heavy atom. The summed E-state index contributed by atoms with van der Waals surface area (Å²) in [6.07, 6.45) is -2.01. The molecule has 0 aromatic rings. The highest BCUT2D eigenvalue weighted by Crippen LogP contribution is 2.19. The molecule has 0 aliphatic heterocycles. The van der Waals surface area contributed by atoms with Gasteiger partial charge in [-0.15, -0.1) is 0 Å². The van der Waals surface area contributed by atoms with Gasteiger partial charge in [-0.1, -0.05) is 0 Å². The Labute approximate surface area is 112 Å². The summed E-state index contributed by atoms with van der Waals surface area (Å²) in [4.78, 5) is 11.6. The lowest BCUT2D eigenvalue weighted by molar-refractivity contribution is -0.165. The van der Waals surface area contributed by atoms with Gasteiger partial charge in [0.15, 0.2) is 0 Å². The zero-order chi connectivity index (χ0) is 14.7. The molecule has 114 valence electrons. The van der Waals surface area contributed by atoms with Crippen molar-refractivity contribution in [3.63, 3.8) is 0 Å². The number of ether oxygens (including phenoxy) is 4. The topological polar surface area (TPSA) is 54.0 Å². The van der Waals surface area contributed by atoms with Crippen LogP contribution >= 0.6 is 0 Å². The van der Waals surface area contributed by atoms with Crippen LogP contribution in [0, 0.1) is 5.41 Å². The van der Waals surface area contributed by atoms with E-state index < -0.39 is 24.4 Å². The standard InChI is InChI=1S/C12H22F2O5/c1-4-16-9-17-5-6-18-11(15)12(2,3)8-19-10(14)7-13/h10H,4-9H2,1-3H3. The fraction of sp³-hybridized carbons (Fsp3) is 0.917. The van der Waals surface area contributed by atoms with Gasteiger partial charge in [0, 0.05) is 6.61 Å². The molecule has 0 heterocycles. The summed E-state index contributed by atoms with van der Waals surface area (Å²) >= 11 is 0. The normalized spacial score (nSPS) is 13.3. The maximum absolute atomic E-state index is 12.6. The van der Waals surface area contributed by atoms with Crippen LogP contribution in [0.5, 0.6) is 0 Å². The SMILES string of the molecule is CCOCOCCOC(=O)C(C)(C)COC(F)CF. The van der Waals surface area contributed by atoms with E-state index in [9.17, 15) is 13.6 Å². The highest BCUT2D eigenvalue weighted by atomic mass is 19.2. The molecule has 1 unspecified atom stereocenters. The summed E-state index contributed by atoms with van der Waals surface area (Å²) in [6.45, 7) is 4.36. The summed E-state index contributed by atoms with van der Waals surface area (Å²) in [5.74, 6) is -0.557. The van der Waals surface area contributed by atoms with E-state index in [0.717, 1.165) is 0 Å². The lowest BCUT2D eigenvalue weighted by atomic mass is 9.95. The van der Waals surface area contributed by atoms with Crippen LogP contribution in [0.4, 0.5) is 8.78 Å². The van der Waals surface area contributed by atoms with Gasteiger partial charge in [0.05, 0.1) is 18.6 Å². The Kier molecular flexibility index (Phi) is 9.63. The summed E-state index contributed by atoms with van der Waals surface area (Å²) in [5.41, 5.74) is -1.04. The highest BCUT2D eigenvalue weighted by Gasteiger charge is 2.31. The molecule has 0 bridgehead atoms. The fourth-order valence-corrected chi connectivity index (χ4v) is 0.992. The monoisotopic (exact) mass is 284 g/mol. The van der Waals surface area contributed by atoms with Gasteiger partial charge < -0.3 is 18.9 Å². The van der Waals surface area contributed by atoms with E-state index in [1.54, 1.807) is 0 Å². The number of rotatable bonds is 11. The zero-order valence-electron chi connectivity index (χ0n) is 11.6. The molecule has 5 nitrogen and oxygen atoms in total. The maximum Gasteiger partial charge on any atom is 0.313 e. The maximum atomic E-state index is 12.6. The molecule has 0 rings (SSSR count). The fourth-order valence-electron chi connectivity index (χ4n) is 0.992. The first-order chi connectivity index (χ1) is 8.94. The minimum Gasteiger partial charge on any atom is -0.463 e. The van der Waals surface area contributed by atoms with Gasteiger partial charge in [0.2, 0.25) is 6.36 Å². The Hall–Kier alpha value is -0.790. The van der Waals surface area contributed by atoms with E-state index in [1.807, 2.05) is 6.92 Å². The lowest BCUT2D eigenvalue weighted by Gasteiger charge is -2.22. The molecule has 0 fully saturated rings. The van der Waals surface area contributed by atoms with E-state index in [0.29, 0.717) is 6.61 Å². The summed E-state index contributed by atoms with van der Waals surface area (Å²) in [5, 5.41) is 0. The summed E-state index contributed by atoms with van der Waals surface area (Å²) < 4.78 is 43.9. The molecule has 0 radical (unpaired) electrons. The molecule has 0 spiro atoms. The Morgan fingerprint density at radius 3 is 2.53 bits per heavy atom. The lowest BCUT2D eigenvalue weighted by Crippen LogP contribution is -2.33. The largest absolute Gasteiger partial charge is 0.463 e. The van der Waals surface area contributed by atoms with Crippen molar-refractivity contribution in [2.45, 2.75) is 27.1 Å². The predicted octanol–water partition coefficient (Wildman–Crippen LogP) is 1.85. The Morgan fingerprint density at radius 1 is 1.26 bits per heavy atom. The third-order valence-electron chi connectivity index (χ3n) is 2.13. The number of alkyl halides is 2.